The highest BCUT2D eigenvalue weighted by Crippen LogP contribution is 2.43. The number of phosphoric ester groups is 1. The van der Waals surface area contributed by atoms with Crippen LogP contribution in [0.3, 0.4) is 0 Å². The van der Waals surface area contributed by atoms with E-state index in [4.69, 9.17) is 24.8 Å². The fourth-order valence-electron chi connectivity index (χ4n) is 4.82. The molecule has 12 heteroatoms. The lowest BCUT2D eigenvalue weighted by Crippen LogP contribution is -2.34. The summed E-state index contributed by atoms with van der Waals surface area (Å²) in [4.78, 5) is 45.5. The van der Waals surface area contributed by atoms with Gasteiger partial charge in [0.05, 0.1) is 13.2 Å². The number of unbranched alkanes of at least 4 members (excludes halogenated alkanes) is 13. The summed E-state index contributed by atoms with van der Waals surface area (Å²) in [6, 6.07) is -1.52. The number of allylic oxidation sites excluding steroid dienone is 8. The van der Waals surface area contributed by atoms with Crippen molar-refractivity contribution >= 4 is 25.7 Å². The highest BCUT2D eigenvalue weighted by atomic mass is 31.2. The first-order chi connectivity index (χ1) is 24.6. The molecule has 0 saturated heterocycles. The van der Waals surface area contributed by atoms with Gasteiger partial charge < -0.3 is 25.2 Å². The number of nitrogens with two attached hydrogens (primary N) is 1. The van der Waals surface area contributed by atoms with Crippen LogP contribution in [0.2, 0.25) is 0 Å². The maximum absolute atomic E-state index is 12.5. The molecule has 0 heterocycles. The predicted molar refractivity (Wildman–Crippen MR) is 203 cm³/mol. The number of rotatable bonds is 35. The second kappa shape index (κ2) is 34.5. The molecule has 4 N–H and O–H groups in total. The number of esters is 2. The van der Waals surface area contributed by atoms with E-state index in [2.05, 4.69) is 67.0 Å². The second-order valence-corrected chi connectivity index (χ2v) is 14.1. The number of carbonyl (C=O) groups excluding carboxylic acids is 2. The topological polar surface area (TPSA) is 172 Å². The summed E-state index contributed by atoms with van der Waals surface area (Å²) in [6.07, 6.45) is 36.5. The zero-order chi connectivity index (χ0) is 37.8. The molecule has 0 aliphatic carbocycles. The number of hydrogen-bond acceptors (Lipinski definition) is 9. The SMILES string of the molecule is CC/C=C\C/C=C\C/C=C\C/C=C\CCCCCCCCCCC(=O)OC(COC(=O)CCCCCCCC)COP(=O)(O)OCC(N)C(=O)O. The van der Waals surface area contributed by atoms with Gasteiger partial charge in [0, 0.05) is 12.8 Å². The molecule has 0 radical (unpaired) electrons. The average molecular weight is 742 g/mol. The Morgan fingerprint density at radius 1 is 0.627 bits per heavy atom. The van der Waals surface area contributed by atoms with Gasteiger partial charge in [0.2, 0.25) is 0 Å². The maximum atomic E-state index is 12.5. The molecule has 3 atom stereocenters. The lowest BCUT2D eigenvalue weighted by Gasteiger charge is -2.20. The summed E-state index contributed by atoms with van der Waals surface area (Å²) >= 11 is 0. The van der Waals surface area contributed by atoms with Crippen LogP contribution < -0.4 is 5.73 Å². The summed E-state index contributed by atoms with van der Waals surface area (Å²) < 4.78 is 32.4. The molecule has 0 aliphatic heterocycles. The van der Waals surface area contributed by atoms with Gasteiger partial charge in [-0.1, -0.05) is 133 Å². The Labute approximate surface area is 307 Å². The van der Waals surface area contributed by atoms with Crippen LogP contribution >= 0.6 is 7.82 Å². The molecule has 0 aromatic carbocycles. The minimum atomic E-state index is -4.71. The Kier molecular flexibility index (Phi) is 32.8. The second-order valence-electron chi connectivity index (χ2n) is 12.7. The predicted octanol–water partition coefficient (Wildman–Crippen LogP) is 9.44. The third kappa shape index (κ3) is 34.3. The number of ether oxygens (including phenoxy) is 2. The van der Waals surface area contributed by atoms with Crippen molar-refractivity contribution in [2.75, 3.05) is 19.8 Å². The van der Waals surface area contributed by atoms with E-state index in [-0.39, 0.29) is 19.4 Å². The quantitative estimate of drug-likeness (QED) is 0.0244. The fourth-order valence-corrected chi connectivity index (χ4v) is 5.60. The lowest BCUT2D eigenvalue weighted by atomic mass is 10.1. The largest absolute Gasteiger partial charge is 0.480 e. The van der Waals surface area contributed by atoms with Gasteiger partial charge in [-0.2, -0.15) is 0 Å². The first-order valence-electron chi connectivity index (χ1n) is 19.2. The molecule has 0 saturated carbocycles. The van der Waals surface area contributed by atoms with Crippen LogP contribution in [0.15, 0.2) is 48.6 Å². The zero-order valence-corrected chi connectivity index (χ0v) is 32.3. The number of aliphatic carboxylic acids is 1. The lowest BCUT2D eigenvalue weighted by molar-refractivity contribution is -0.161. The van der Waals surface area contributed by atoms with Crippen molar-refractivity contribution in [2.24, 2.45) is 5.73 Å². The summed E-state index contributed by atoms with van der Waals surface area (Å²) in [7, 11) is -4.71. The molecule has 0 spiro atoms. The third-order valence-corrected chi connectivity index (χ3v) is 8.79. The molecule has 0 aromatic rings. The van der Waals surface area contributed by atoms with E-state index in [1.165, 1.54) is 19.3 Å². The molecule has 0 aromatic heterocycles. The van der Waals surface area contributed by atoms with E-state index in [9.17, 15) is 23.8 Å². The van der Waals surface area contributed by atoms with E-state index in [0.717, 1.165) is 89.9 Å². The summed E-state index contributed by atoms with van der Waals surface area (Å²) in [5.74, 6) is -2.40. The Bertz CT molecular complexity index is 1060. The summed E-state index contributed by atoms with van der Waals surface area (Å²) in [6.45, 7) is 2.58. The Morgan fingerprint density at radius 2 is 1.10 bits per heavy atom. The molecule has 3 unspecified atom stereocenters. The van der Waals surface area contributed by atoms with Crippen LogP contribution in [-0.2, 0) is 37.5 Å². The third-order valence-electron chi connectivity index (χ3n) is 7.84. The van der Waals surface area contributed by atoms with Crippen LogP contribution in [0, 0.1) is 0 Å². The van der Waals surface area contributed by atoms with Crippen molar-refractivity contribution in [1.82, 2.24) is 0 Å². The van der Waals surface area contributed by atoms with Crippen molar-refractivity contribution in [2.45, 2.75) is 161 Å². The average Bonchev–Trinajstić information content (AvgIpc) is 3.10. The highest BCUT2D eigenvalue weighted by Gasteiger charge is 2.28. The van der Waals surface area contributed by atoms with Gasteiger partial charge in [-0.05, 0) is 51.4 Å². The minimum absolute atomic E-state index is 0.151. The monoisotopic (exact) mass is 741 g/mol. The van der Waals surface area contributed by atoms with E-state index >= 15 is 0 Å². The van der Waals surface area contributed by atoms with Crippen molar-refractivity contribution in [3.8, 4) is 0 Å². The first kappa shape index (κ1) is 48.4. The molecule has 0 fully saturated rings. The van der Waals surface area contributed by atoms with E-state index in [0.29, 0.717) is 12.8 Å². The van der Waals surface area contributed by atoms with E-state index < -0.39 is 51.1 Å². The van der Waals surface area contributed by atoms with Gasteiger partial charge in [-0.3, -0.25) is 23.4 Å². The summed E-state index contributed by atoms with van der Waals surface area (Å²) in [5, 5.41) is 8.84. The Balaban J connectivity index is 4.28. The number of hydrogen-bond donors (Lipinski definition) is 3. The van der Waals surface area contributed by atoms with Crippen LogP contribution in [0.4, 0.5) is 0 Å². The van der Waals surface area contributed by atoms with Crippen molar-refractivity contribution in [3.63, 3.8) is 0 Å². The van der Waals surface area contributed by atoms with Crippen molar-refractivity contribution in [1.29, 1.82) is 0 Å². The number of carbonyl (C=O) groups is 3. The molecule has 294 valence electrons. The molecular weight excluding hydrogens is 673 g/mol. The molecule has 0 aliphatic rings. The van der Waals surface area contributed by atoms with Crippen LogP contribution in [0.5, 0.6) is 0 Å². The molecule has 0 amide bonds. The molecule has 0 rings (SSSR count). The standard InChI is InChI=1S/C39H68NO10P/c1-3-5-7-9-11-12-13-14-15-16-17-18-19-20-21-22-23-24-25-27-29-31-38(42)50-35(32-47-37(41)30-28-26-10-8-6-4-2)33-48-51(45,46)49-34-36(40)39(43)44/h5,7,11-12,14-15,17-18,35-36H,3-4,6,8-10,13,16,19-34,40H2,1-2H3,(H,43,44)(H,45,46)/b7-5-,12-11-,15-14-,18-17-. The van der Waals surface area contributed by atoms with Crippen molar-refractivity contribution < 1.29 is 47.5 Å². The van der Waals surface area contributed by atoms with Crippen LogP contribution in [0.1, 0.15) is 149 Å². The molecule has 0 bridgehead atoms. The van der Waals surface area contributed by atoms with Crippen LogP contribution in [-0.4, -0.2) is 59.9 Å². The van der Waals surface area contributed by atoms with Crippen molar-refractivity contribution in [3.05, 3.63) is 48.6 Å². The molecule has 11 nitrogen and oxygen atoms in total. The molecular formula is C39H68NO10P. The highest BCUT2D eigenvalue weighted by molar-refractivity contribution is 7.47. The molecule has 51 heavy (non-hydrogen) atoms. The van der Waals surface area contributed by atoms with Gasteiger partial charge in [-0.15, -0.1) is 0 Å². The van der Waals surface area contributed by atoms with Gasteiger partial charge in [-0.25, -0.2) is 4.57 Å². The fraction of sp³-hybridized carbons (Fsp3) is 0.718. The zero-order valence-electron chi connectivity index (χ0n) is 31.4. The first-order valence-corrected chi connectivity index (χ1v) is 20.7. The van der Waals surface area contributed by atoms with Gasteiger partial charge in [0.1, 0.15) is 12.6 Å². The van der Waals surface area contributed by atoms with Gasteiger partial charge in [0.15, 0.2) is 6.10 Å². The number of phosphoric acid groups is 1. The van der Waals surface area contributed by atoms with E-state index in [1.807, 2.05) is 0 Å². The smallest absolute Gasteiger partial charge is 0.472 e. The number of carboxylic acid groups (broad SMARTS) is 1. The minimum Gasteiger partial charge on any atom is -0.480 e. The van der Waals surface area contributed by atoms with E-state index in [1.54, 1.807) is 0 Å². The van der Waals surface area contributed by atoms with Gasteiger partial charge in [0.25, 0.3) is 0 Å². The van der Waals surface area contributed by atoms with Crippen LogP contribution in [0.25, 0.3) is 0 Å². The normalized spacial score (nSPS) is 14.4. The Morgan fingerprint density at radius 3 is 1.65 bits per heavy atom. The summed E-state index contributed by atoms with van der Waals surface area (Å²) in [5.41, 5.74) is 5.30. The maximum Gasteiger partial charge on any atom is 0.472 e. The van der Waals surface area contributed by atoms with Gasteiger partial charge >= 0.3 is 25.7 Å². The number of carboxylic acids is 1. The Hall–Kier alpha value is -2.56.